The molecule has 3 rings (SSSR count). The Bertz CT molecular complexity index is 496. The summed E-state index contributed by atoms with van der Waals surface area (Å²) in [5, 5.41) is 10.2. The summed E-state index contributed by atoms with van der Waals surface area (Å²) in [6.45, 7) is 3.99. The number of ether oxygens (including phenoxy) is 1. The number of nitrogens with zero attached hydrogens (tertiary/aromatic N) is 2. The molecule has 2 unspecified atom stereocenters. The lowest BCUT2D eigenvalue weighted by atomic mass is 9.58. The summed E-state index contributed by atoms with van der Waals surface area (Å²) in [5.74, 6) is -0.0211. The summed E-state index contributed by atoms with van der Waals surface area (Å²) >= 11 is 0. The quantitative estimate of drug-likeness (QED) is 0.916. The second-order valence-corrected chi connectivity index (χ2v) is 5.94. The van der Waals surface area contributed by atoms with Crippen molar-refractivity contribution in [1.29, 1.82) is 0 Å². The average molecular weight is 290 g/mol. The molecule has 2 fully saturated rings. The predicted molar refractivity (Wildman–Crippen MR) is 77.8 cm³/mol. The van der Waals surface area contributed by atoms with E-state index in [1.54, 1.807) is 18.3 Å². The number of rotatable bonds is 3. The second-order valence-electron chi connectivity index (χ2n) is 5.94. The Morgan fingerprint density at radius 3 is 2.81 bits per heavy atom. The number of pyridine rings is 1. The summed E-state index contributed by atoms with van der Waals surface area (Å²) in [4.78, 5) is 18.3. The summed E-state index contributed by atoms with van der Waals surface area (Å²) in [6.07, 6.45) is 3.82. The Balaban J connectivity index is 1.64. The highest BCUT2D eigenvalue weighted by Gasteiger charge is 2.56. The number of aliphatic hydroxyl groups is 1. The molecule has 5 nitrogen and oxygen atoms in total. The molecule has 21 heavy (non-hydrogen) atoms. The maximum Gasteiger partial charge on any atom is 0.272 e. The van der Waals surface area contributed by atoms with Crippen molar-refractivity contribution in [2.75, 3.05) is 19.7 Å². The first kappa shape index (κ1) is 14.5. The Morgan fingerprint density at radius 2 is 2.24 bits per heavy atom. The summed E-state index contributed by atoms with van der Waals surface area (Å²) in [7, 11) is 0. The zero-order chi connectivity index (χ0) is 14.9. The van der Waals surface area contributed by atoms with Gasteiger partial charge in [-0.2, -0.15) is 0 Å². The van der Waals surface area contributed by atoms with Crippen LogP contribution in [0.1, 0.15) is 36.7 Å². The molecule has 2 heterocycles. The Labute approximate surface area is 124 Å². The lowest BCUT2D eigenvalue weighted by molar-refractivity contribution is -0.207. The molecule has 2 atom stereocenters. The zero-order valence-corrected chi connectivity index (χ0v) is 12.4. The van der Waals surface area contributed by atoms with Gasteiger partial charge in [-0.25, -0.2) is 0 Å². The molecular weight excluding hydrogens is 268 g/mol. The molecule has 5 heteroatoms. The predicted octanol–water partition coefficient (Wildman–Crippen LogP) is 1.47. The fourth-order valence-electron chi connectivity index (χ4n) is 3.59. The highest BCUT2D eigenvalue weighted by Crippen LogP contribution is 2.50. The van der Waals surface area contributed by atoms with Gasteiger partial charge in [0.25, 0.3) is 5.91 Å². The molecule has 0 radical (unpaired) electrons. The normalized spacial score (nSPS) is 27.4. The number of hydrogen-bond donors (Lipinski definition) is 1. The second kappa shape index (κ2) is 5.73. The maximum atomic E-state index is 12.4. The molecule has 114 valence electrons. The van der Waals surface area contributed by atoms with E-state index in [1.807, 2.05) is 17.9 Å². The number of likely N-dealkylation sites (tertiary alicyclic amines) is 1. The van der Waals surface area contributed by atoms with Crippen LogP contribution >= 0.6 is 0 Å². The Morgan fingerprint density at radius 1 is 1.48 bits per heavy atom. The zero-order valence-electron chi connectivity index (χ0n) is 12.4. The largest absolute Gasteiger partial charge is 0.392 e. The summed E-state index contributed by atoms with van der Waals surface area (Å²) in [6, 6.07) is 5.37. The van der Waals surface area contributed by atoms with Crippen molar-refractivity contribution < 1.29 is 14.6 Å². The highest BCUT2D eigenvalue weighted by atomic mass is 16.5. The van der Waals surface area contributed by atoms with Crippen molar-refractivity contribution in [3.05, 3.63) is 30.1 Å². The molecule has 2 aliphatic rings. The maximum absolute atomic E-state index is 12.4. The van der Waals surface area contributed by atoms with Crippen molar-refractivity contribution >= 4 is 5.91 Å². The lowest BCUT2D eigenvalue weighted by Gasteiger charge is -2.56. The molecule has 1 aromatic heterocycles. The standard InChI is InChI=1S/C16H22N2O3/c1-2-21-14-11-13(19)16(14)6-9-18(10-7-16)15(20)12-5-3-4-8-17-12/h3-5,8,13-14,19H,2,6-7,9-11H2,1H3. The molecule has 0 aromatic carbocycles. The van der Waals surface area contributed by atoms with Crippen molar-refractivity contribution in [2.24, 2.45) is 5.41 Å². The molecule has 1 N–H and O–H groups in total. The number of aromatic nitrogens is 1. The summed E-state index contributed by atoms with van der Waals surface area (Å²) in [5.41, 5.74) is 0.348. The number of hydrogen-bond acceptors (Lipinski definition) is 4. The van der Waals surface area contributed by atoms with E-state index in [0.717, 1.165) is 19.3 Å². The van der Waals surface area contributed by atoms with E-state index >= 15 is 0 Å². The fraction of sp³-hybridized carbons (Fsp3) is 0.625. The van der Waals surface area contributed by atoms with E-state index in [1.165, 1.54) is 0 Å². The molecule has 0 bridgehead atoms. The van der Waals surface area contributed by atoms with E-state index in [4.69, 9.17) is 4.74 Å². The Kier molecular flexibility index (Phi) is 3.95. The van der Waals surface area contributed by atoms with Gasteiger partial charge in [-0.15, -0.1) is 0 Å². The van der Waals surface area contributed by atoms with E-state index in [-0.39, 0.29) is 23.5 Å². The average Bonchev–Trinajstić information content (AvgIpc) is 2.55. The van der Waals surface area contributed by atoms with E-state index in [9.17, 15) is 9.90 Å². The van der Waals surface area contributed by atoms with Crippen LogP contribution in [0.2, 0.25) is 0 Å². The Hall–Kier alpha value is -1.46. The number of aliphatic hydroxyl groups excluding tert-OH is 1. The van der Waals surface area contributed by atoms with Crippen molar-refractivity contribution in [2.45, 2.75) is 38.4 Å². The van der Waals surface area contributed by atoms with Crippen LogP contribution in [-0.2, 0) is 4.74 Å². The van der Waals surface area contributed by atoms with E-state index in [0.29, 0.717) is 25.4 Å². The van der Waals surface area contributed by atoms with Gasteiger partial charge in [0.1, 0.15) is 5.69 Å². The highest BCUT2D eigenvalue weighted by molar-refractivity contribution is 5.92. The molecule has 1 aromatic rings. The minimum atomic E-state index is -0.291. The van der Waals surface area contributed by atoms with Gasteiger partial charge >= 0.3 is 0 Å². The van der Waals surface area contributed by atoms with E-state index in [2.05, 4.69) is 4.98 Å². The van der Waals surface area contributed by atoms with Gasteiger partial charge < -0.3 is 14.7 Å². The fourth-order valence-corrected chi connectivity index (χ4v) is 3.59. The third kappa shape index (κ3) is 2.45. The minimum Gasteiger partial charge on any atom is -0.392 e. The van der Waals surface area contributed by atoms with Crippen molar-refractivity contribution in [3.63, 3.8) is 0 Å². The minimum absolute atomic E-state index is 0.0211. The molecular formula is C16H22N2O3. The third-order valence-corrected chi connectivity index (χ3v) is 4.98. The third-order valence-electron chi connectivity index (χ3n) is 4.98. The topological polar surface area (TPSA) is 62.7 Å². The van der Waals surface area contributed by atoms with Gasteiger partial charge in [0.15, 0.2) is 0 Å². The number of carbonyl (C=O) groups excluding carboxylic acids is 1. The van der Waals surface area contributed by atoms with Crippen LogP contribution in [0.5, 0.6) is 0 Å². The smallest absolute Gasteiger partial charge is 0.272 e. The monoisotopic (exact) mass is 290 g/mol. The first-order chi connectivity index (χ1) is 10.2. The molecule has 1 amide bonds. The van der Waals surface area contributed by atoms with Gasteiger partial charge in [0.2, 0.25) is 0 Å². The number of amides is 1. The van der Waals surface area contributed by atoms with Crippen LogP contribution in [0.4, 0.5) is 0 Å². The molecule has 1 saturated heterocycles. The SMILES string of the molecule is CCOC1CC(O)C12CCN(C(=O)c1ccccn1)CC2. The van der Waals surface area contributed by atoms with Crippen LogP contribution < -0.4 is 0 Å². The number of carbonyl (C=O) groups is 1. The molecule has 1 aliphatic carbocycles. The van der Waals surface area contributed by atoms with Crippen LogP contribution in [-0.4, -0.2) is 52.8 Å². The molecule has 1 spiro atoms. The van der Waals surface area contributed by atoms with Gasteiger partial charge in [-0.3, -0.25) is 9.78 Å². The summed E-state index contributed by atoms with van der Waals surface area (Å²) < 4.78 is 5.75. The van der Waals surface area contributed by atoms with Gasteiger partial charge in [0, 0.05) is 37.7 Å². The lowest BCUT2D eigenvalue weighted by Crippen LogP contribution is -2.62. The van der Waals surface area contributed by atoms with Gasteiger partial charge in [-0.05, 0) is 31.9 Å². The van der Waals surface area contributed by atoms with Crippen LogP contribution in [0.3, 0.4) is 0 Å². The van der Waals surface area contributed by atoms with Crippen LogP contribution in [0, 0.1) is 5.41 Å². The molecule has 1 aliphatic heterocycles. The van der Waals surface area contributed by atoms with Crippen LogP contribution in [0.15, 0.2) is 24.4 Å². The first-order valence-electron chi connectivity index (χ1n) is 7.67. The van der Waals surface area contributed by atoms with E-state index < -0.39 is 0 Å². The van der Waals surface area contributed by atoms with Gasteiger partial charge in [-0.1, -0.05) is 6.07 Å². The van der Waals surface area contributed by atoms with Crippen molar-refractivity contribution in [3.8, 4) is 0 Å². The van der Waals surface area contributed by atoms with Crippen LogP contribution in [0.25, 0.3) is 0 Å². The van der Waals surface area contributed by atoms with Gasteiger partial charge in [0.05, 0.1) is 12.2 Å². The first-order valence-corrected chi connectivity index (χ1v) is 7.67. The van der Waals surface area contributed by atoms with Crippen molar-refractivity contribution in [1.82, 2.24) is 9.88 Å². The number of piperidine rings is 1. The molecule has 1 saturated carbocycles.